The van der Waals surface area contributed by atoms with Crippen LogP contribution in [0.1, 0.15) is 207 Å². The first-order chi connectivity index (χ1) is 43.6. The van der Waals surface area contributed by atoms with Crippen molar-refractivity contribution in [2.75, 3.05) is 6.61 Å². The van der Waals surface area contributed by atoms with Crippen molar-refractivity contribution in [3.05, 3.63) is 191 Å². The van der Waals surface area contributed by atoms with Crippen LogP contribution in [0.3, 0.4) is 0 Å². The van der Waals surface area contributed by atoms with E-state index in [4.69, 9.17) is 9.47 Å². The molecule has 7 heteroatoms. The van der Waals surface area contributed by atoms with Crippen LogP contribution in [-0.4, -0.2) is 57.3 Å². The summed E-state index contributed by atoms with van der Waals surface area (Å²) in [4.78, 5) is 29.0. The average molecular weight is 1210 g/mol. The second kappa shape index (κ2) is 22.3. The summed E-state index contributed by atoms with van der Waals surface area (Å²) in [5, 5.41) is 47.5. The molecular formula is C83H98O7. The Kier molecular flexibility index (Phi) is 14.7. The van der Waals surface area contributed by atoms with E-state index in [-0.39, 0.29) is 59.5 Å². The molecule has 7 nitrogen and oxygen atoms in total. The lowest BCUT2D eigenvalue weighted by Crippen LogP contribution is -2.84. The van der Waals surface area contributed by atoms with Crippen molar-refractivity contribution < 1.29 is 34.4 Å². The largest absolute Gasteiger partial charge is 0.462 e. The summed E-state index contributed by atoms with van der Waals surface area (Å²) in [5.41, 5.74) is 3.36. The zero-order chi connectivity index (χ0) is 61.4. The van der Waals surface area contributed by atoms with Crippen LogP contribution in [0, 0.1) is 69.0 Å². The van der Waals surface area contributed by atoms with Crippen molar-refractivity contribution in [1.29, 1.82) is 0 Å². The van der Waals surface area contributed by atoms with Gasteiger partial charge in [-0.3, -0.25) is 4.79 Å². The van der Waals surface area contributed by atoms with E-state index in [1.807, 2.05) is 0 Å². The van der Waals surface area contributed by atoms with Crippen LogP contribution in [0.2, 0.25) is 0 Å². The molecule has 6 saturated carbocycles. The fourth-order valence-electron chi connectivity index (χ4n) is 24.5. The molecule has 0 radical (unpaired) electrons. The second-order valence-corrected chi connectivity index (χ2v) is 32.4. The molecule has 2 aliphatic heterocycles. The number of hydrogen-bond donors (Lipinski definition) is 3. The average Bonchev–Trinajstić information content (AvgIpc) is 0.687. The van der Waals surface area contributed by atoms with Crippen LogP contribution in [0.25, 0.3) is 10.8 Å². The molecule has 0 aromatic heterocycles. The summed E-state index contributed by atoms with van der Waals surface area (Å²) in [6.07, 6.45) is 29.4. The summed E-state index contributed by atoms with van der Waals surface area (Å²) in [6, 6.07) is 45.6. The molecule has 5 aromatic carbocycles. The van der Waals surface area contributed by atoms with Crippen LogP contribution in [0.15, 0.2) is 157 Å². The van der Waals surface area contributed by atoms with Gasteiger partial charge in [-0.1, -0.05) is 186 Å². The molecule has 0 saturated heterocycles. The number of aryl methyl sites for hydroxylation is 1. The highest BCUT2D eigenvalue weighted by Crippen LogP contribution is 2.80. The van der Waals surface area contributed by atoms with Gasteiger partial charge >= 0.3 is 11.9 Å². The fraction of sp³-hybridized carbons (Fsp3) is 0.566. The Bertz CT molecular complexity index is 3650. The standard InChI is InChI=1S/C83H98O7/c1-53(17-15-22-54-18-7-4-8-19-54)45-63-32-30-58-29-28-56(46-55-20-9-5-10-21-55)47-66(58)76(86)90-69-51-77(2)43-44-81(63,87)83(82(77,88)42-34-57-48-71(85)89-52-57)70(84)37-39-78(3,75(69)83)62-36-41-79-40-35-60-50-80(61-24-11-6-12-25-61)38-14-13-27-67(80)65-33-31-59-23-16-26-64(68(79)49-62)72(59)73(65)74(60)79/h4-12,16,18-21,23-26,30-33,43-44,48,53,56,58,60,62-63,66-70,74-75,84,87-88H,13-15,17,22,27-29,34-42,45-47,49-52H2,1-3H3/b32-30+/t53-,56-,58+,60-,62-,63+,66-,67-,68+,69-,70-,74-,75+,77+,78+,79+,80+,81+,82-,83+/m1/s1. The lowest BCUT2D eigenvalue weighted by molar-refractivity contribution is -0.367. The zero-order valence-corrected chi connectivity index (χ0v) is 53.9. The van der Waals surface area contributed by atoms with Gasteiger partial charge in [0.2, 0.25) is 0 Å². The molecule has 3 bridgehead atoms. The molecular weight excluding hydrogens is 1110 g/mol. The number of carbonyl (C=O) groups excluding carboxylic acids is 2. The molecule has 0 amide bonds. The van der Waals surface area contributed by atoms with E-state index in [2.05, 4.69) is 166 Å². The number of fused-ring (bicyclic) bond motifs is 5. The SMILES string of the molecule is C[C@H](CCCc1ccccc1)C[C@@H]1/C=C/[C@@H]2CC[C@H](Cc3ccccc3)C[C@H]2C(=O)O[C@@H]2C[C@]3(C)C=C[C@@]1(O)[C@@]1([C@H](O)CC[C@@](C)([C@@H]4CC[C@]56CC[C@@H]7C[C@]8(c9ccccc9)CCCC[C@@H]8c8ccc9cccc(c9c8[C@@H]75)[C@@H]6C4)[C@H]21)[C@@]3(O)CCC1=CC(=O)OC1. The van der Waals surface area contributed by atoms with Gasteiger partial charge in [0, 0.05) is 28.7 Å². The number of rotatable bonds is 13. The summed E-state index contributed by atoms with van der Waals surface area (Å²) in [5.74, 6) is 0.364. The smallest absolute Gasteiger partial charge is 0.331 e. The summed E-state index contributed by atoms with van der Waals surface area (Å²) >= 11 is 0. The molecule has 0 unspecified atom stereocenters. The summed E-state index contributed by atoms with van der Waals surface area (Å²) in [6.45, 7) is 7.12. The number of carbonyl (C=O) groups is 2. The number of ether oxygens (including phenoxy) is 2. The quantitative estimate of drug-likeness (QED) is 0.0795. The van der Waals surface area contributed by atoms with Crippen molar-refractivity contribution in [1.82, 2.24) is 0 Å². The van der Waals surface area contributed by atoms with Gasteiger partial charge in [0.1, 0.15) is 18.3 Å². The highest BCUT2D eigenvalue weighted by atomic mass is 16.5. The van der Waals surface area contributed by atoms with Gasteiger partial charge in [-0.25, -0.2) is 4.79 Å². The maximum absolute atomic E-state index is 16.1. The summed E-state index contributed by atoms with van der Waals surface area (Å²) < 4.78 is 13.1. The van der Waals surface area contributed by atoms with Gasteiger partial charge in [0.25, 0.3) is 0 Å². The van der Waals surface area contributed by atoms with Gasteiger partial charge < -0.3 is 24.8 Å². The predicted molar refractivity (Wildman–Crippen MR) is 355 cm³/mol. The Balaban J connectivity index is 0.844. The number of esters is 2. The van der Waals surface area contributed by atoms with Crippen LogP contribution in [-0.2, 0) is 37.3 Å². The van der Waals surface area contributed by atoms with Crippen molar-refractivity contribution in [3.8, 4) is 0 Å². The van der Waals surface area contributed by atoms with E-state index in [0.717, 1.165) is 69.8 Å². The van der Waals surface area contributed by atoms with Crippen LogP contribution in [0.4, 0.5) is 0 Å². The van der Waals surface area contributed by atoms with E-state index in [1.165, 1.54) is 72.4 Å². The molecule has 2 spiro atoms. The minimum atomic E-state index is -1.77. The van der Waals surface area contributed by atoms with Crippen molar-refractivity contribution in [3.63, 3.8) is 0 Å². The number of aliphatic hydroxyl groups is 3. The first-order valence-corrected chi connectivity index (χ1v) is 35.9. The molecule has 90 heavy (non-hydrogen) atoms. The van der Waals surface area contributed by atoms with Crippen molar-refractivity contribution in [2.45, 2.75) is 215 Å². The summed E-state index contributed by atoms with van der Waals surface area (Å²) in [7, 11) is 0. The van der Waals surface area contributed by atoms with Crippen molar-refractivity contribution in [2.24, 2.45) is 69.0 Å². The Morgan fingerprint density at radius 1 is 0.700 bits per heavy atom. The molecule has 9 aliphatic carbocycles. The number of benzene rings is 5. The first kappa shape index (κ1) is 59.4. The van der Waals surface area contributed by atoms with E-state index in [9.17, 15) is 9.90 Å². The van der Waals surface area contributed by atoms with Gasteiger partial charge in [0.15, 0.2) is 0 Å². The lowest BCUT2D eigenvalue weighted by atomic mass is 9.30. The molecule has 11 aliphatic rings. The highest BCUT2D eigenvalue weighted by Gasteiger charge is 2.83. The molecule has 20 atom stereocenters. The third-order valence-corrected chi connectivity index (χ3v) is 28.4. The minimum Gasteiger partial charge on any atom is -0.462 e. The molecule has 6 fully saturated rings. The van der Waals surface area contributed by atoms with Crippen molar-refractivity contribution >= 4 is 22.7 Å². The zero-order valence-electron chi connectivity index (χ0n) is 53.9. The third-order valence-electron chi connectivity index (χ3n) is 28.4. The normalized spacial score (nSPS) is 41.8. The molecule has 3 N–H and O–H groups in total. The highest BCUT2D eigenvalue weighted by molar-refractivity contribution is 5.93. The second-order valence-electron chi connectivity index (χ2n) is 32.4. The maximum atomic E-state index is 16.1. The van der Waals surface area contributed by atoms with Gasteiger partial charge in [-0.15, -0.1) is 0 Å². The third kappa shape index (κ3) is 8.85. The van der Waals surface area contributed by atoms with Crippen LogP contribution in [0.5, 0.6) is 0 Å². The lowest BCUT2D eigenvalue weighted by Gasteiger charge is -2.77. The molecule has 16 rings (SSSR count). The minimum absolute atomic E-state index is 0.0852. The van der Waals surface area contributed by atoms with Gasteiger partial charge in [-0.2, -0.15) is 0 Å². The Hall–Kier alpha value is -5.60. The molecule has 472 valence electrons. The Labute approximate surface area is 535 Å². The molecule has 5 aromatic rings. The predicted octanol–water partition coefficient (Wildman–Crippen LogP) is 17.1. The van der Waals surface area contributed by atoms with E-state index in [0.29, 0.717) is 61.7 Å². The fourth-order valence-corrected chi connectivity index (χ4v) is 24.5. The van der Waals surface area contributed by atoms with E-state index >= 15 is 15.0 Å². The topological polar surface area (TPSA) is 113 Å². The number of hydrogen-bond acceptors (Lipinski definition) is 7. The number of allylic oxidation sites excluding steroid dienone is 1. The van der Waals surface area contributed by atoms with Crippen LogP contribution >= 0.6 is 0 Å². The van der Waals surface area contributed by atoms with Gasteiger partial charge in [-0.05, 0) is 236 Å². The first-order valence-electron chi connectivity index (χ1n) is 35.9. The molecule has 2 heterocycles. The van der Waals surface area contributed by atoms with E-state index in [1.54, 1.807) is 22.8 Å². The van der Waals surface area contributed by atoms with Gasteiger partial charge in [0.05, 0.1) is 23.0 Å². The Morgan fingerprint density at radius 2 is 1.48 bits per heavy atom. The van der Waals surface area contributed by atoms with E-state index < -0.39 is 51.5 Å². The maximum Gasteiger partial charge on any atom is 0.331 e. The number of cyclic esters (lactones) is 1. The monoisotopic (exact) mass is 1210 g/mol. The Morgan fingerprint density at radius 3 is 2.27 bits per heavy atom. The van der Waals surface area contributed by atoms with Crippen LogP contribution < -0.4 is 0 Å². The number of aliphatic hydroxyl groups excluding tert-OH is 1.